The molecule has 86 valence electrons. The van der Waals surface area contributed by atoms with Crippen molar-refractivity contribution in [2.45, 2.75) is 45.1 Å². The van der Waals surface area contributed by atoms with Crippen LogP contribution in [0.1, 0.15) is 39.0 Å². The lowest BCUT2D eigenvalue weighted by molar-refractivity contribution is -0.144. The number of ether oxygens (including phenoxy) is 1. The molecule has 1 saturated carbocycles. The molecule has 0 bridgehead atoms. The van der Waals surface area contributed by atoms with Crippen LogP contribution in [-0.4, -0.2) is 23.8 Å². The Labute approximate surface area is 93.9 Å². The van der Waals surface area contributed by atoms with Crippen molar-refractivity contribution in [1.82, 2.24) is 0 Å². The predicted molar refractivity (Wildman–Crippen MR) is 57.2 cm³/mol. The number of hydrogen-bond acceptors (Lipinski definition) is 5. The molecule has 0 aliphatic heterocycles. The molecule has 4 nitrogen and oxygen atoms in total. The summed E-state index contributed by atoms with van der Waals surface area (Å²) in [5.74, 6) is -0.481. The van der Waals surface area contributed by atoms with Gasteiger partial charge >= 0.3 is 5.97 Å². The van der Waals surface area contributed by atoms with Gasteiger partial charge in [0.1, 0.15) is 6.42 Å². The molecule has 5 heteroatoms. The van der Waals surface area contributed by atoms with E-state index in [0.29, 0.717) is 6.61 Å². The smallest absolute Gasteiger partial charge is 0.314 e. The van der Waals surface area contributed by atoms with E-state index in [-0.39, 0.29) is 17.6 Å². The first-order valence-electron chi connectivity index (χ1n) is 5.24. The van der Waals surface area contributed by atoms with Gasteiger partial charge in [-0.25, -0.2) is 0 Å². The Hall–Kier alpha value is -0.550. The quantitative estimate of drug-likeness (QED) is 0.412. The summed E-state index contributed by atoms with van der Waals surface area (Å²) in [4.78, 5) is 22.2. The second-order valence-electron chi connectivity index (χ2n) is 3.44. The van der Waals surface area contributed by atoms with Crippen molar-refractivity contribution in [2.75, 3.05) is 6.61 Å². The van der Waals surface area contributed by atoms with Gasteiger partial charge in [0, 0.05) is 0 Å². The molecule has 1 aliphatic rings. The molecule has 1 aliphatic carbocycles. The highest BCUT2D eigenvalue weighted by atomic mass is 32.2. The van der Waals surface area contributed by atoms with Crippen LogP contribution in [-0.2, 0) is 18.5 Å². The molecule has 0 radical (unpaired) electrons. The molecular formula is C10H16O4S. The van der Waals surface area contributed by atoms with Gasteiger partial charge in [-0.2, -0.15) is 0 Å². The van der Waals surface area contributed by atoms with E-state index < -0.39 is 5.97 Å². The summed E-state index contributed by atoms with van der Waals surface area (Å²) in [5, 5.41) is -0.277. The van der Waals surface area contributed by atoms with Crippen LogP contribution in [0.15, 0.2) is 0 Å². The van der Waals surface area contributed by atoms with Crippen LogP contribution in [0.25, 0.3) is 0 Å². The fraction of sp³-hybridized carbons (Fsp3) is 0.800. The lowest BCUT2D eigenvalue weighted by atomic mass is 10.3. The summed E-state index contributed by atoms with van der Waals surface area (Å²) in [6.07, 6.45) is 4.33. The largest absolute Gasteiger partial charge is 0.466 e. The molecule has 0 atom stereocenters. The first-order chi connectivity index (χ1) is 7.22. The highest BCUT2D eigenvalue weighted by molar-refractivity contribution is 8.09. The van der Waals surface area contributed by atoms with Gasteiger partial charge in [-0.3, -0.25) is 9.59 Å². The molecule has 0 saturated heterocycles. The number of esters is 1. The first-order valence-corrected chi connectivity index (χ1v) is 5.98. The molecule has 0 heterocycles. The maximum atomic E-state index is 11.2. The van der Waals surface area contributed by atoms with Crippen molar-refractivity contribution in [3.05, 3.63) is 0 Å². The summed E-state index contributed by atoms with van der Waals surface area (Å²) in [5.41, 5.74) is 0. The molecule has 0 amide bonds. The minimum atomic E-state index is -0.481. The van der Waals surface area contributed by atoms with Crippen LogP contribution in [0, 0.1) is 0 Å². The second-order valence-corrected chi connectivity index (χ2v) is 4.25. The zero-order valence-electron chi connectivity index (χ0n) is 8.86. The van der Waals surface area contributed by atoms with E-state index in [2.05, 4.69) is 4.74 Å². The molecule has 0 spiro atoms. The van der Waals surface area contributed by atoms with Crippen LogP contribution in [0.2, 0.25) is 0 Å². The van der Waals surface area contributed by atoms with Crippen molar-refractivity contribution in [3.8, 4) is 0 Å². The van der Waals surface area contributed by atoms with E-state index in [1.165, 1.54) is 0 Å². The van der Waals surface area contributed by atoms with Gasteiger partial charge in [0.15, 0.2) is 0 Å². The average Bonchev–Trinajstić information content (AvgIpc) is 2.67. The fourth-order valence-electron chi connectivity index (χ4n) is 1.47. The van der Waals surface area contributed by atoms with Gasteiger partial charge in [-0.1, -0.05) is 12.8 Å². The molecule has 0 aromatic rings. The normalized spacial score (nSPS) is 16.6. The van der Waals surface area contributed by atoms with Crippen molar-refractivity contribution in [1.29, 1.82) is 0 Å². The van der Waals surface area contributed by atoms with Gasteiger partial charge < -0.3 is 8.92 Å². The minimum absolute atomic E-state index is 0.182. The molecule has 15 heavy (non-hydrogen) atoms. The van der Waals surface area contributed by atoms with Crippen molar-refractivity contribution in [2.24, 2.45) is 0 Å². The number of carbonyl (C=O) groups excluding carboxylic acids is 2. The Morgan fingerprint density at radius 1 is 1.33 bits per heavy atom. The third-order valence-electron chi connectivity index (χ3n) is 2.17. The maximum Gasteiger partial charge on any atom is 0.314 e. The summed E-state index contributed by atoms with van der Waals surface area (Å²) in [7, 11) is 0. The zero-order valence-corrected chi connectivity index (χ0v) is 9.68. The molecule has 0 aromatic heterocycles. The molecule has 0 unspecified atom stereocenters. The van der Waals surface area contributed by atoms with E-state index in [9.17, 15) is 9.59 Å². The van der Waals surface area contributed by atoms with Crippen molar-refractivity contribution >= 4 is 23.1 Å². The van der Waals surface area contributed by atoms with Crippen molar-refractivity contribution in [3.63, 3.8) is 0 Å². The topological polar surface area (TPSA) is 52.6 Å². The fourth-order valence-corrected chi connectivity index (χ4v) is 2.08. The Bertz CT molecular complexity index is 223. The number of hydrogen-bond donors (Lipinski definition) is 0. The molecule has 0 aromatic carbocycles. The highest BCUT2D eigenvalue weighted by Gasteiger charge is 2.19. The molecule has 1 rings (SSSR count). The summed E-state index contributed by atoms with van der Waals surface area (Å²) in [6.45, 7) is 2.02. The Morgan fingerprint density at radius 2 is 2.00 bits per heavy atom. The molecule has 1 fully saturated rings. The van der Waals surface area contributed by atoms with Crippen LogP contribution in [0.4, 0.5) is 0 Å². The third kappa shape index (κ3) is 5.18. The Morgan fingerprint density at radius 3 is 2.60 bits per heavy atom. The van der Waals surface area contributed by atoms with E-state index in [4.69, 9.17) is 4.18 Å². The van der Waals surface area contributed by atoms with E-state index in [1.807, 2.05) is 0 Å². The highest BCUT2D eigenvalue weighted by Crippen LogP contribution is 2.25. The lowest BCUT2D eigenvalue weighted by Crippen LogP contribution is -2.10. The SMILES string of the molecule is CCOC(=O)CC(=O)SOC1CCCC1. The molecule has 0 N–H and O–H groups in total. The zero-order chi connectivity index (χ0) is 11.1. The summed E-state index contributed by atoms with van der Waals surface area (Å²) < 4.78 is 9.96. The number of rotatable bonds is 5. The third-order valence-corrected chi connectivity index (χ3v) is 2.87. The van der Waals surface area contributed by atoms with Gasteiger partial charge in [0.2, 0.25) is 5.12 Å². The van der Waals surface area contributed by atoms with Crippen LogP contribution in [0.3, 0.4) is 0 Å². The summed E-state index contributed by atoms with van der Waals surface area (Å²) in [6, 6.07) is 0. The monoisotopic (exact) mass is 232 g/mol. The maximum absolute atomic E-state index is 11.2. The van der Waals surface area contributed by atoms with Gasteiger partial charge in [0.25, 0.3) is 0 Å². The Balaban J connectivity index is 2.09. The second kappa shape index (κ2) is 6.85. The van der Waals surface area contributed by atoms with Gasteiger partial charge in [0.05, 0.1) is 24.8 Å². The van der Waals surface area contributed by atoms with E-state index >= 15 is 0 Å². The number of carbonyl (C=O) groups is 2. The van der Waals surface area contributed by atoms with Gasteiger partial charge in [-0.15, -0.1) is 0 Å². The average molecular weight is 232 g/mol. The standard InChI is InChI=1S/C10H16O4S/c1-2-13-9(11)7-10(12)15-14-8-5-3-4-6-8/h8H,2-7H2,1H3. The first kappa shape index (κ1) is 12.5. The minimum Gasteiger partial charge on any atom is -0.466 e. The van der Waals surface area contributed by atoms with Crippen LogP contribution in [0.5, 0.6) is 0 Å². The lowest BCUT2D eigenvalue weighted by Gasteiger charge is -2.07. The Kier molecular flexibility index (Phi) is 5.71. The predicted octanol–water partition coefficient (Wildman–Crippen LogP) is 2.07. The summed E-state index contributed by atoms with van der Waals surface area (Å²) >= 11 is 0.788. The van der Waals surface area contributed by atoms with Gasteiger partial charge in [-0.05, 0) is 19.8 Å². The molecular weight excluding hydrogens is 216 g/mol. The van der Waals surface area contributed by atoms with Crippen molar-refractivity contribution < 1.29 is 18.5 Å². The van der Waals surface area contributed by atoms with E-state index in [1.54, 1.807) is 6.92 Å². The van der Waals surface area contributed by atoms with Crippen LogP contribution >= 0.6 is 12.0 Å². The van der Waals surface area contributed by atoms with E-state index in [0.717, 1.165) is 37.7 Å². The van der Waals surface area contributed by atoms with Crippen LogP contribution < -0.4 is 0 Å².